The van der Waals surface area contributed by atoms with E-state index in [2.05, 4.69) is 9.97 Å². The molecule has 0 N–H and O–H groups in total. The molecule has 1 aromatic carbocycles. The van der Waals surface area contributed by atoms with E-state index in [-0.39, 0.29) is 5.91 Å². The van der Waals surface area contributed by atoms with Crippen molar-refractivity contribution in [1.29, 1.82) is 0 Å². The zero-order chi connectivity index (χ0) is 20.1. The molecule has 1 aromatic heterocycles. The molecule has 2 heterocycles. The van der Waals surface area contributed by atoms with E-state index >= 15 is 0 Å². The topological polar surface area (TPSA) is 72.4 Å². The summed E-state index contributed by atoms with van der Waals surface area (Å²) in [7, 11) is 0. The van der Waals surface area contributed by atoms with E-state index in [1.807, 2.05) is 32.0 Å². The largest absolute Gasteiger partial charge is 0.449 e. The van der Waals surface area contributed by atoms with Gasteiger partial charge in [0.1, 0.15) is 0 Å². The van der Waals surface area contributed by atoms with Gasteiger partial charge in [-0.15, -0.1) is 0 Å². The van der Waals surface area contributed by atoms with E-state index < -0.39 is 12.1 Å². The van der Waals surface area contributed by atoms with Gasteiger partial charge < -0.3 is 9.64 Å². The smallest absolute Gasteiger partial charge is 0.339 e. The van der Waals surface area contributed by atoms with Crippen LogP contribution in [0.4, 0.5) is 0 Å². The lowest BCUT2D eigenvalue weighted by molar-refractivity contribution is -0.138. The first-order valence-corrected chi connectivity index (χ1v) is 10.5. The molecule has 1 aliphatic heterocycles. The van der Waals surface area contributed by atoms with E-state index in [1.54, 1.807) is 24.0 Å². The van der Waals surface area contributed by atoms with Gasteiger partial charge in [0.15, 0.2) is 11.3 Å². The number of benzene rings is 1. The van der Waals surface area contributed by atoms with Crippen LogP contribution >= 0.6 is 11.8 Å². The second-order valence-electron chi connectivity index (χ2n) is 6.96. The molecule has 0 unspecified atom stereocenters. The van der Waals surface area contributed by atoms with E-state index in [1.165, 1.54) is 11.8 Å². The van der Waals surface area contributed by atoms with Crippen molar-refractivity contribution in [1.82, 2.24) is 14.9 Å². The lowest BCUT2D eigenvalue weighted by atomic mass is 10.1. The van der Waals surface area contributed by atoms with E-state index in [0.717, 1.165) is 42.9 Å². The Labute approximate surface area is 169 Å². The number of aryl methyl sites for hydroxylation is 2. The Balaban J connectivity index is 1.66. The Morgan fingerprint density at radius 1 is 1.14 bits per heavy atom. The van der Waals surface area contributed by atoms with Crippen LogP contribution in [-0.2, 0) is 15.3 Å². The Bertz CT molecular complexity index is 845. The van der Waals surface area contributed by atoms with Gasteiger partial charge in [-0.3, -0.25) is 4.79 Å². The van der Waals surface area contributed by atoms with Gasteiger partial charge in [0.25, 0.3) is 5.91 Å². The molecular weight excluding hydrogens is 374 g/mol. The van der Waals surface area contributed by atoms with Gasteiger partial charge in [-0.05, 0) is 51.3 Å². The average Bonchev–Trinajstić information content (AvgIpc) is 3.20. The van der Waals surface area contributed by atoms with Gasteiger partial charge in [0, 0.05) is 30.2 Å². The molecule has 1 fully saturated rings. The molecule has 2 aromatic rings. The maximum absolute atomic E-state index is 12.7. The summed E-state index contributed by atoms with van der Waals surface area (Å²) in [5, 5.41) is 0.679. The standard InChI is InChI=1S/C21H25N3O3S/c1-14-12-15(2)23-21(22-14)28-13-17-8-4-5-9-18(17)20(26)27-16(3)19(25)24-10-6-7-11-24/h4-5,8-9,12,16H,6-7,10-11,13H2,1-3H3/t16-/m0/s1. The number of hydrogen-bond donors (Lipinski definition) is 0. The third-order valence-corrected chi connectivity index (χ3v) is 5.50. The molecular formula is C21H25N3O3S. The van der Waals surface area contributed by atoms with Crippen LogP contribution in [0.5, 0.6) is 0 Å². The minimum atomic E-state index is -0.783. The Morgan fingerprint density at radius 2 is 1.79 bits per heavy atom. The third-order valence-electron chi connectivity index (χ3n) is 4.61. The summed E-state index contributed by atoms with van der Waals surface area (Å²) in [5.74, 6) is -0.0539. The Kier molecular flexibility index (Phi) is 6.67. The van der Waals surface area contributed by atoms with Crippen LogP contribution in [0.3, 0.4) is 0 Å². The molecule has 28 heavy (non-hydrogen) atoms. The fraction of sp³-hybridized carbons (Fsp3) is 0.429. The number of likely N-dealkylation sites (tertiary alicyclic amines) is 1. The second-order valence-corrected chi connectivity index (χ2v) is 7.90. The van der Waals surface area contributed by atoms with Crippen LogP contribution in [0.15, 0.2) is 35.5 Å². The molecule has 1 aliphatic rings. The number of thioether (sulfide) groups is 1. The minimum Gasteiger partial charge on any atom is -0.449 e. The first-order valence-electron chi connectivity index (χ1n) is 9.47. The predicted octanol–water partition coefficient (Wildman–Crippen LogP) is 3.55. The van der Waals surface area contributed by atoms with Crippen molar-refractivity contribution in [3.05, 3.63) is 52.8 Å². The number of ether oxygens (including phenoxy) is 1. The van der Waals surface area contributed by atoms with Gasteiger partial charge in [0.2, 0.25) is 0 Å². The van der Waals surface area contributed by atoms with Crippen molar-refractivity contribution in [2.24, 2.45) is 0 Å². The summed E-state index contributed by atoms with van der Waals surface area (Å²) in [6, 6.07) is 9.22. The monoisotopic (exact) mass is 399 g/mol. The lowest BCUT2D eigenvalue weighted by Crippen LogP contribution is -2.38. The highest BCUT2D eigenvalue weighted by molar-refractivity contribution is 7.98. The summed E-state index contributed by atoms with van der Waals surface area (Å²) >= 11 is 1.47. The summed E-state index contributed by atoms with van der Waals surface area (Å²) in [5.41, 5.74) is 3.13. The summed E-state index contributed by atoms with van der Waals surface area (Å²) < 4.78 is 5.47. The highest BCUT2D eigenvalue weighted by Crippen LogP contribution is 2.23. The van der Waals surface area contributed by atoms with Crippen LogP contribution in [0.1, 0.15) is 47.1 Å². The molecule has 7 heteroatoms. The molecule has 3 rings (SSSR count). The van der Waals surface area contributed by atoms with Crippen molar-refractivity contribution in [3.63, 3.8) is 0 Å². The molecule has 148 valence electrons. The van der Waals surface area contributed by atoms with E-state index in [4.69, 9.17) is 4.74 Å². The highest BCUT2D eigenvalue weighted by Gasteiger charge is 2.26. The van der Waals surface area contributed by atoms with Crippen molar-refractivity contribution < 1.29 is 14.3 Å². The van der Waals surface area contributed by atoms with Crippen molar-refractivity contribution in [3.8, 4) is 0 Å². The van der Waals surface area contributed by atoms with Gasteiger partial charge >= 0.3 is 5.97 Å². The van der Waals surface area contributed by atoms with E-state index in [9.17, 15) is 9.59 Å². The number of rotatable bonds is 6. The van der Waals surface area contributed by atoms with E-state index in [0.29, 0.717) is 16.5 Å². The number of hydrogen-bond acceptors (Lipinski definition) is 6. The molecule has 1 atom stereocenters. The molecule has 1 amide bonds. The van der Waals surface area contributed by atoms with Gasteiger partial charge in [-0.25, -0.2) is 14.8 Å². The zero-order valence-electron chi connectivity index (χ0n) is 16.5. The maximum atomic E-state index is 12.7. The fourth-order valence-electron chi connectivity index (χ4n) is 3.21. The maximum Gasteiger partial charge on any atom is 0.339 e. The molecule has 0 bridgehead atoms. The van der Waals surface area contributed by atoms with Crippen molar-refractivity contribution in [2.45, 2.75) is 50.6 Å². The van der Waals surface area contributed by atoms with Crippen LogP contribution in [0, 0.1) is 13.8 Å². The van der Waals surface area contributed by atoms with Crippen LogP contribution in [0.2, 0.25) is 0 Å². The SMILES string of the molecule is Cc1cc(C)nc(SCc2ccccc2C(=O)O[C@@H](C)C(=O)N2CCCC2)n1. The number of aromatic nitrogens is 2. The van der Waals surface area contributed by atoms with Gasteiger partial charge in [-0.2, -0.15) is 0 Å². The predicted molar refractivity (Wildman–Crippen MR) is 108 cm³/mol. The summed E-state index contributed by atoms with van der Waals surface area (Å²) in [4.78, 5) is 35.7. The molecule has 0 radical (unpaired) electrons. The third kappa shape index (κ3) is 5.10. The Morgan fingerprint density at radius 3 is 2.46 bits per heavy atom. The minimum absolute atomic E-state index is 0.124. The van der Waals surface area contributed by atoms with Crippen LogP contribution in [0.25, 0.3) is 0 Å². The normalized spacial score (nSPS) is 14.8. The number of carbonyl (C=O) groups is 2. The summed E-state index contributed by atoms with van der Waals surface area (Å²) in [6.07, 6.45) is 1.23. The quantitative estimate of drug-likeness (QED) is 0.420. The van der Waals surface area contributed by atoms with Crippen LogP contribution < -0.4 is 0 Å². The number of carbonyl (C=O) groups excluding carboxylic acids is 2. The first kappa shape index (κ1) is 20.3. The first-order chi connectivity index (χ1) is 13.4. The summed E-state index contributed by atoms with van der Waals surface area (Å²) in [6.45, 7) is 6.98. The van der Waals surface area contributed by atoms with Gasteiger partial charge in [0.05, 0.1) is 5.56 Å². The van der Waals surface area contributed by atoms with Crippen molar-refractivity contribution in [2.75, 3.05) is 13.1 Å². The highest BCUT2D eigenvalue weighted by atomic mass is 32.2. The molecule has 0 aliphatic carbocycles. The van der Waals surface area contributed by atoms with Crippen LogP contribution in [-0.4, -0.2) is 45.9 Å². The average molecular weight is 400 g/mol. The zero-order valence-corrected chi connectivity index (χ0v) is 17.3. The molecule has 1 saturated heterocycles. The number of nitrogens with zero attached hydrogens (tertiary/aromatic N) is 3. The fourth-order valence-corrected chi connectivity index (χ4v) is 4.17. The molecule has 6 nitrogen and oxygen atoms in total. The second kappa shape index (κ2) is 9.19. The molecule has 0 spiro atoms. The van der Waals surface area contributed by atoms with Crippen molar-refractivity contribution >= 4 is 23.6 Å². The lowest BCUT2D eigenvalue weighted by Gasteiger charge is -2.20. The molecule has 0 saturated carbocycles. The number of amides is 1. The Hall–Kier alpha value is -2.41. The van der Waals surface area contributed by atoms with Gasteiger partial charge in [-0.1, -0.05) is 30.0 Å². The number of esters is 1.